The van der Waals surface area contributed by atoms with Crippen LogP contribution in [0.2, 0.25) is 0 Å². The van der Waals surface area contributed by atoms with E-state index >= 15 is 0 Å². The van der Waals surface area contributed by atoms with Gasteiger partial charge in [-0.05, 0) is 5.56 Å². The predicted molar refractivity (Wildman–Crippen MR) is 93.0 cm³/mol. The van der Waals surface area contributed by atoms with Gasteiger partial charge in [-0.1, -0.05) is 30.3 Å². The lowest BCUT2D eigenvalue weighted by molar-refractivity contribution is -0.126. The van der Waals surface area contributed by atoms with Gasteiger partial charge >= 0.3 is 0 Å². The van der Waals surface area contributed by atoms with Crippen molar-refractivity contribution in [1.29, 1.82) is 0 Å². The lowest BCUT2D eigenvalue weighted by Gasteiger charge is -2.25. The van der Waals surface area contributed by atoms with Crippen LogP contribution in [0, 0.1) is 0 Å². The summed E-state index contributed by atoms with van der Waals surface area (Å²) in [5, 5.41) is 5.43. The van der Waals surface area contributed by atoms with Gasteiger partial charge in [0.2, 0.25) is 0 Å². The maximum absolute atomic E-state index is 12.4. The molecule has 2 heterocycles. The van der Waals surface area contributed by atoms with Crippen LogP contribution in [0.25, 0.3) is 0 Å². The van der Waals surface area contributed by atoms with Crippen LogP contribution in [-0.4, -0.2) is 49.2 Å². The molecule has 1 aromatic heterocycles. The van der Waals surface area contributed by atoms with Gasteiger partial charge in [-0.15, -0.1) is 11.3 Å². The van der Waals surface area contributed by atoms with Gasteiger partial charge in [-0.2, -0.15) is 0 Å². The number of methoxy groups -OCH3 is 1. The highest BCUT2D eigenvalue weighted by atomic mass is 32.1. The van der Waals surface area contributed by atoms with Gasteiger partial charge in [0.05, 0.1) is 18.9 Å². The van der Waals surface area contributed by atoms with E-state index in [1.807, 2.05) is 35.7 Å². The lowest BCUT2D eigenvalue weighted by Crippen LogP contribution is -2.35. The fraction of sp³-hybridized carbons (Fsp3) is 0.412. The molecule has 1 amide bonds. The summed E-state index contributed by atoms with van der Waals surface area (Å²) in [6.07, 6.45) is -0.641. The smallest absolute Gasteiger partial charge is 0.259 e. The Morgan fingerprint density at radius 3 is 2.83 bits per heavy atom. The van der Waals surface area contributed by atoms with Crippen LogP contribution < -0.4 is 5.32 Å². The number of amides is 1. The molecule has 2 aromatic rings. The molecule has 1 N–H and O–H groups in total. The number of hydrogen-bond acceptors (Lipinski definition) is 6. The standard InChI is InChI=1S/C17H21N3O3S/c1-22-15(13-5-3-2-4-6-13)16(21)19-17-18-14(12-24-17)11-20-7-9-23-10-8-20/h2-6,12,15H,7-11H2,1H3,(H,18,19,21)/t15-/m1/s1. The third-order valence-electron chi connectivity index (χ3n) is 3.85. The molecule has 0 spiro atoms. The van der Waals surface area contributed by atoms with Crippen molar-refractivity contribution >= 4 is 22.4 Å². The van der Waals surface area contributed by atoms with Gasteiger partial charge < -0.3 is 9.47 Å². The highest BCUT2D eigenvalue weighted by Crippen LogP contribution is 2.22. The number of benzene rings is 1. The average molecular weight is 347 g/mol. The van der Waals surface area contributed by atoms with Crippen molar-refractivity contribution in [2.75, 3.05) is 38.7 Å². The summed E-state index contributed by atoms with van der Waals surface area (Å²) in [6.45, 7) is 4.14. The first-order valence-electron chi connectivity index (χ1n) is 7.89. The second-order valence-corrected chi connectivity index (χ2v) is 6.41. The van der Waals surface area contributed by atoms with E-state index in [-0.39, 0.29) is 5.91 Å². The molecule has 0 radical (unpaired) electrons. The molecule has 6 nitrogen and oxygen atoms in total. The molecule has 0 saturated carbocycles. The number of hydrogen-bond donors (Lipinski definition) is 1. The Labute approximate surface area is 145 Å². The minimum Gasteiger partial charge on any atom is -0.379 e. The van der Waals surface area contributed by atoms with Gasteiger partial charge in [0.15, 0.2) is 11.2 Å². The van der Waals surface area contributed by atoms with E-state index in [1.165, 1.54) is 18.4 Å². The zero-order chi connectivity index (χ0) is 16.8. The maximum Gasteiger partial charge on any atom is 0.259 e. The fourth-order valence-corrected chi connectivity index (χ4v) is 3.32. The van der Waals surface area contributed by atoms with Gasteiger partial charge in [-0.25, -0.2) is 4.98 Å². The summed E-state index contributed by atoms with van der Waals surface area (Å²) in [5.41, 5.74) is 1.79. The molecule has 24 heavy (non-hydrogen) atoms. The number of rotatable bonds is 6. The van der Waals surface area contributed by atoms with Crippen LogP contribution in [-0.2, 0) is 20.8 Å². The summed E-state index contributed by atoms with van der Waals surface area (Å²) < 4.78 is 10.7. The number of morpholine rings is 1. The molecular formula is C17H21N3O3S. The van der Waals surface area contributed by atoms with E-state index < -0.39 is 6.10 Å². The first-order valence-corrected chi connectivity index (χ1v) is 8.77. The summed E-state index contributed by atoms with van der Waals surface area (Å²) in [6, 6.07) is 9.43. The minimum atomic E-state index is -0.641. The van der Waals surface area contributed by atoms with Crippen LogP contribution in [0.1, 0.15) is 17.4 Å². The number of nitrogens with zero attached hydrogens (tertiary/aromatic N) is 2. The van der Waals surface area contributed by atoms with E-state index in [1.54, 1.807) is 0 Å². The van der Waals surface area contributed by atoms with Crippen molar-refractivity contribution in [3.63, 3.8) is 0 Å². The second-order valence-electron chi connectivity index (χ2n) is 5.55. The number of aromatic nitrogens is 1. The molecule has 1 aromatic carbocycles. The Kier molecular flexibility index (Phi) is 5.92. The van der Waals surface area contributed by atoms with Gasteiger partial charge in [0, 0.05) is 32.1 Å². The molecule has 3 rings (SSSR count). The molecule has 7 heteroatoms. The van der Waals surface area contributed by atoms with Gasteiger partial charge in [0.1, 0.15) is 0 Å². The maximum atomic E-state index is 12.4. The molecule has 1 aliphatic rings. The van der Waals surface area contributed by atoms with E-state index in [0.717, 1.165) is 44.1 Å². The topological polar surface area (TPSA) is 63.7 Å². The first-order chi connectivity index (χ1) is 11.8. The molecular weight excluding hydrogens is 326 g/mol. The molecule has 1 fully saturated rings. The van der Waals surface area contributed by atoms with Gasteiger partial charge in [0.25, 0.3) is 5.91 Å². The Morgan fingerprint density at radius 1 is 1.38 bits per heavy atom. The van der Waals surface area contributed by atoms with E-state index in [0.29, 0.717) is 5.13 Å². The van der Waals surface area contributed by atoms with Crippen molar-refractivity contribution < 1.29 is 14.3 Å². The number of nitrogens with one attached hydrogen (secondary N) is 1. The number of thiazole rings is 1. The molecule has 0 bridgehead atoms. The zero-order valence-corrected chi connectivity index (χ0v) is 14.4. The number of anilines is 1. The molecule has 1 aliphatic heterocycles. The Balaban J connectivity index is 1.60. The molecule has 0 aliphatic carbocycles. The van der Waals surface area contributed by atoms with Gasteiger partial charge in [-0.3, -0.25) is 15.0 Å². The Morgan fingerprint density at radius 2 is 2.12 bits per heavy atom. The first kappa shape index (κ1) is 17.0. The van der Waals surface area contributed by atoms with E-state index in [4.69, 9.17) is 9.47 Å². The van der Waals surface area contributed by atoms with Crippen molar-refractivity contribution in [3.05, 3.63) is 47.0 Å². The monoisotopic (exact) mass is 347 g/mol. The van der Waals surface area contributed by atoms with Crippen molar-refractivity contribution in [1.82, 2.24) is 9.88 Å². The third-order valence-corrected chi connectivity index (χ3v) is 4.65. The van der Waals surface area contributed by atoms with Crippen LogP contribution >= 0.6 is 11.3 Å². The van der Waals surface area contributed by atoms with Crippen LogP contribution in [0.5, 0.6) is 0 Å². The average Bonchev–Trinajstić information content (AvgIpc) is 3.04. The van der Waals surface area contributed by atoms with Crippen LogP contribution in [0.15, 0.2) is 35.7 Å². The summed E-state index contributed by atoms with van der Waals surface area (Å²) in [4.78, 5) is 19.2. The third kappa shape index (κ3) is 4.39. The summed E-state index contributed by atoms with van der Waals surface area (Å²) >= 11 is 1.43. The predicted octanol–water partition coefficient (Wildman–Crippen LogP) is 2.30. The second kappa shape index (κ2) is 8.34. The Bertz CT molecular complexity index is 656. The summed E-state index contributed by atoms with van der Waals surface area (Å²) in [5.74, 6) is -0.212. The summed E-state index contributed by atoms with van der Waals surface area (Å²) in [7, 11) is 1.53. The number of carbonyl (C=O) groups is 1. The molecule has 0 unspecified atom stereocenters. The highest BCUT2D eigenvalue weighted by Gasteiger charge is 2.21. The van der Waals surface area contributed by atoms with Crippen LogP contribution in [0.4, 0.5) is 5.13 Å². The Hall–Kier alpha value is -1.80. The number of ether oxygens (including phenoxy) is 2. The minimum absolute atomic E-state index is 0.212. The molecule has 1 atom stereocenters. The SMILES string of the molecule is CO[C@@H](C(=O)Nc1nc(CN2CCOCC2)cs1)c1ccccc1. The largest absolute Gasteiger partial charge is 0.379 e. The highest BCUT2D eigenvalue weighted by molar-refractivity contribution is 7.13. The lowest BCUT2D eigenvalue weighted by atomic mass is 10.1. The zero-order valence-electron chi connectivity index (χ0n) is 13.6. The normalized spacial score (nSPS) is 16.7. The van der Waals surface area contributed by atoms with Crippen LogP contribution in [0.3, 0.4) is 0 Å². The quantitative estimate of drug-likeness (QED) is 0.869. The van der Waals surface area contributed by atoms with Crippen molar-refractivity contribution in [2.24, 2.45) is 0 Å². The van der Waals surface area contributed by atoms with E-state index in [9.17, 15) is 4.79 Å². The van der Waals surface area contributed by atoms with Crippen molar-refractivity contribution in [3.8, 4) is 0 Å². The van der Waals surface area contributed by atoms with E-state index in [2.05, 4.69) is 15.2 Å². The van der Waals surface area contributed by atoms with Crippen molar-refractivity contribution in [2.45, 2.75) is 12.6 Å². The fourth-order valence-electron chi connectivity index (χ4n) is 2.62. The number of carbonyl (C=O) groups excluding carboxylic acids is 1. The molecule has 128 valence electrons. The molecule has 1 saturated heterocycles.